The first-order chi connectivity index (χ1) is 15.2. The number of carbonyl (C=O) groups excluding carboxylic acids is 1. The van der Waals surface area contributed by atoms with E-state index < -0.39 is 0 Å². The second-order valence-corrected chi connectivity index (χ2v) is 7.42. The van der Waals surface area contributed by atoms with Crippen molar-refractivity contribution in [3.05, 3.63) is 60.2 Å². The molecule has 7 nitrogen and oxygen atoms in total. The Hall–Kier alpha value is -2.49. The van der Waals surface area contributed by atoms with E-state index in [0.717, 1.165) is 50.0 Å². The Bertz CT molecular complexity index is 837. The quantitative estimate of drug-likeness (QED) is 0.300. The summed E-state index contributed by atoms with van der Waals surface area (Å²) < 4.78 is 5.19. The van der Waals surface area contributed by atoms with Gasteiger partial charge in [-0.1, -0.05) is 30.3 Å². The van der Waals surface area contributed by atoms with Gasteiger partial charge in [0.1, 0.15) is 5.75 Å². The predicted octanol–water partition coefficient (Wildman–Crippen LogP) is 3.11. The molecule has 0 spiro atoms. The molecule has 8 heteroatoms. The van der Waals surface area contributed by atoms with Gasteiger partial charge in [0.25, 0.3) is 0 Å². The van der Waals surface area contributed by atoms with Crippen LogP contribution in [0.1, 0.15) is 18.9 Å². The highest BCUT2D eigenvalue weighted by Gasteiger charge is 2.20. The zero-order valence-corrected chi connectivity index (χ0v) is 21.2. The molecule has 1 heterocycles. The third-order valence-electron chi connectivity index (χ3n) is 5.31. The Morgan fingerprint density at radius 1 is 1.00 bits per heavy atom. The molecule has 2 N–H and O–H groups in total. The van der Waals surface area contributed by atoms with E-state index in [1.807, 2.05) is 42.2 Å². The number of hydrogen-bond acceptors (Lipinski definition) is 4. The van der Waals surface area contributed by atoms with Crippen molar-refractivity contribution in [3.63, 3.8) is 0 Å². The summed E-state index contributed by atoms with van der Waals surface area (Å²) in [6.07, 6.45) is 0.457. The van der Waals surface area contributed by atoms with Crippen LogP contribution in [-0.4, -0.2) is 63.1 Å². The number of halogens is 1. The molecule has 0 bridgehead atoms. The van der Waals surface area contributed by atoms with E-state index >= 15 is 0 Å². The summed E-state index contributed by atoms with van der Waals surface area (Å²) in [7, 11) is 1.66. The van der Waals surface area contributed by atoms with Gasteiger partial charge in [-0.05, 0) is 36.8 Å². The number of piperazine rings is 1. The Labute approximate surface area is 208 Å². The Balaban J connectivity index is 0.00000363. The molecule has 1 saturated heterocycles. The number of anilines is 1. The Morgan fingerprint density at radius 2 is 1.69 bits per heavy atom. The molecule has 0 unspecified atom stereocenters. The molecule has 0 aromatic heterocycles. The van der Waals surface area contributed by atoms with Gasteiger partial charge in [0.15, 0.2) is 5.96 Å². The normalized spacial score (nSPS) is 13.9. The Morgan fingerprint density at radius 3 is 2.31 bits per heavy atom. The van der Waals surface area contributed by atoms with Crippen LogP contribution in [0.15, 0.2) is 59.6 Å². The highest BCUT2D eigenvalue weighted by molar-refractivity contribution is 14.0. The number of rotatable bonds is 8. The van der Waals surface area contributed by atoms with Gasteiger partial charge in [-0.3, -0.25) is 4.79 Å². The van der Waals surface area contributed by atoms with E-state index in [4.69, 9.17) is 4.74 Å². The van der Waals surface area contributed by atoms with Crippen molar-refractivity contribution < 1.29 is 9.53 Å². The summed E-state index contributed by atoms with van der Waals surface area (Å²) >= 11 is 0. The van der Waals surface area contributed by atoms with Crippen molar-refractivity contribution in [2.75, 3.05) is 51.3 Å². The number of guanidine groups is 1. The maximum atomic E-state index is 12.6. The minimum Gasteiger partial charge on any atom is -0.497 e. The fourth-order valence-corrected chi connectivity index (χ4v) is 3.54. The number of carbonyl (C=O) groups is 1. The van der Waals surface area contributed by atoms with E-state index in [9.17, 15) is 4.79 Å². The van der Waals surface area contributed by atoms with Crippen LogP contribution in [0.5, 0.6) is 5.75 Å². The summed E-state index contributed by atoms with van der Waals surface area (Å²) in [4.78, 5) is 21.5. The van der Waals surface area contributed by atoms with Crippen LogP contribution in [0.25, 0.3) is 0 Å². The molecule has 32 heavy (non-hydrogen) atoms. The molecule has 3 rings (SSSR count). The average Bonchev–Trinajstić information content (AvgIpc) is 2.83. The van der Waals surface area contributed by atoms with E-state index in [2.05, 4.69) is 44.8 Å². The zero-order valence-electron chi connectivity index (χ0n) is 18.9. The number of amides is 1. The topological polar surface area (TPSA) is 69.2 Å². The molecular weight excluding hydrogens is 517 g/mol. The second-order valence-electron chi connectivity index (χ2n) is 7.42. The molecule has 0 aliphatic carbocycles. The van der Waals surface area contributed by atoms with Crippen LogP contribution in [0, 0.1) is 0 Å². The van der Waals surface area contributed by atoms with Gasteiger partial charge in [-0.25, -0.2) is 4.99 Å². The largest absolute Gasteiger partial charge is 0.497 e. The van der Waals surface area contributed by atoms with Crippen molar-refractivity contribution in [1.29, 1.82) is 0 Å². The molecule has 2 aromatic carbocycles. The molecule has 2 aromatic rings. The summed E-state index contributed by atoms with van der Waals surface area (Å²) in [6.45, 7) is 7.19. The van der Waals surface area contributed by atoms with Crippen LogP contribution < -0.4 is 20.3 Å². The lowest BCUT2D eigenvalue weighted by Crippen LogP contribution is -2.49. The molecular formula is C24H34IN5O2. The first-order valence-electron chi connectivity index (χ1n) is 10.9. The fraction of sp³-hybridized carbons (Fsp3) is 0.417. The molecule has 0 atom stereocenters. The van der Waals surface area contributed by atoms with Crippen LogP contribution in [0.2, 0.25) is 0 Å². The molecule has 0 radical (unpaired) electrons. The van der Waals surface area contributed by atoms with Crippen LogP contribution in [0.3, 0.4) is 0 Å². The molecule has 1 fully saturated rings. The van der Waals surface area contributed by atoms with E-state index in [-0.39, 0.29) is 29.9 Å². The van der Waals surface area contributed by atoms with Crippen molar-refractivity contribution >= 4 is 41.5 Å². The maximum absolute atomic E-state index is 12.6. The molecule has 1 aliphatic heterocycles. The van der Waals surface area contributed by atoms with E-state index in [1.54, 1.807) is 7.11 Å². The van der Waals surface area contributed by atoms with Gasteiger partial charge < -0.3 is 25.2 Å². The molecule has 1 aliphatic rings. The summed E-state index contributed by atoms with van der Waals surface area (Å²) in [5.74, 6) is 1.74. The smallest absolute Gasteiger partial charge is 0.224 e. The van der Waals surface area contributed by atoms with Crippen LogP contribution in [-0.2, 0) is 11.3 Å². The lowest BCUT2D eigenvalue weighted by molar-refractivity contribution is -0.131. The van der Waals surface area contributed by atoms with Crippen molar-refractivity contribution in [2.45, 2.75) is 19.9 Å². The third-order valence-corrected chi connectivity index (χ3v) is 5.31. The number of aliphatic imine (C=N–C) groups is 1. The highest BCUT2D eigenvalue weighted by Crippen LogP contribution is 2.16. The minimum absolute atomic E-state index is 0. The third kappa shape index (κ3) is 7.89. The summed E-state index contributed by atoms with van der Waals surface area (Å²) in [6, 6.07) is 18.2. The van der Waals surface area contributed by atoms with Gasteiger partial charge in [0.05, 0.1) is 13.7 Å². The van der Waals surface area contributed by atoms with Crippen molar-refractivity contribution in [1.82, 2.24) is 15.5 Å². The summed E-state index contributed by atoms with van der Waals surface area (Å²) in [5.41, 5.74) is 2.32. The van der Waals surface area contributed by atoms with E-state index in [0.29, 0.717) is 19.5 Å². The number of methoxy groups -OCH3 is 1. The number of nitrogens with one attached hydrogen (secondary N) is 2. The number of benzene rings is 2. The molecule has 0 saturated carbocycles. The van der Waals surface area contributed by atoms with Gasteiger partial charge >= 0.3 is 0 Å². The van der Waals surface area contributed by atoms with E-state index in [1.165, 1.54) is 5.69 Å². The minimum atomic E-state index is 0. The predicted molar refractivity (Wildman–Crippen MR) is 141 cm³/mol. The lowest BCUT2D eigenvalue weighted by Gasteiger charge is -2.36. The first kappa shape index (κ1) is 25.8. The maximum Gasteiger partial charge on any atom is 0.224 e. The molecule has 174 valence electrons. The van der Waals surface area contributed by atoms with Gasteiger partial charge in [0.2, 0.25) is 5.91 Å². The number of ether oxygens (including phenoxy) is 1. The average molecular weight is 551 g/mol. The SMILES string of the molecule is CCNC(=NCc1ccc(OC)cc1)NCCC(=O)N1CCN(c2ccccc2)CC1.I. The number of para-hydroxylation sites is 1. The fourth-order valence-electron chi connectivity index (χ4n) is 3.54. The van der Waals surface area contributed by atoms with Crippen molar-refractivity contribution in [3.8, 4) is 5.75 Å². The highest BCUT2D eigenvalue weighted by atomic mass is 127. The first-order valence-corrected chi connectivity index (χ1v) is 10.9. The van der Waals surface area contributed by atoms with Gasteiger partial charge in [-0.15, -0.1) is 24.0 Å². The van der Waals surface area contributed by atoms with Crippen LogP contribution >= 0.6 is 24.0 Å². The lowest BCUT2D eigenvalue weighted by atomic mass is 10.2. The monoisotopic (exact) mass is 551 g/mol. The number of hydrogen-bond donors (Lipinski definition) is 2. The second kappa shape index (κ2) is 13.8. The number of nitrogens with zero attached hydrogens (tertiary/aromatic N) is 3. The Kier molecular flexibility index (Phi) is 11.1. The standard InChI is InChI=1S/C24H33N5O2.HI/c1-3-25-24(27-19-20-9-11-22(31-2)12-10-20)26-14-13-23(30)29-17-15-28(16-18-29)21-7-5-4-6-8-21;/h4-12H,3,13-19H2,1-2H3,(H2,25,26,27);1H. The van der Waals surface area contributed by atoms with Crippen molar-refractivity contribution in [2.24, 2.45) is 4.99 Å². The summed E-state index contributed by atoms with van der Waals surface area (Å²) in [5, 5.41) is 6.51. The van der Waals surface area contributed by atoms with Crippen LogP contribution in [0.4, 0.5) is 5.69 Å². The zero-order chi connectivity index (χ0) is 21.9. The van der Waals surface area contributed by atoms with Gasteiger partial charge in [-0.2, -0.15) is 0 Å². The molecule has 1 amide bonds. The van der Waals surface area contributed by atoms with Gasteiger partial charge in [0, 0.05) is 51.4 Å².